The Kier molecular flexibility index (Phi) is 3.55. The van der Waals surface area contributed by atoms with Crippen LogP contribution in [0.15, 0.2) is 36.4 Å². The van der Waals surface area contributed by atoms with Gasteiger partial charge in [0.15, 0.2) is 11.6 Å². The van der Waals surface area contributed by atoms with Gasteiger partial charge in [0.1, 0.15) is 5.82 Å². The molecule has 0 unspecified atom stereocenters. The first kappa shape index (κ1) is 12.5. The van der Waals surface area contributed by atoms with Crippen LogP contribution in [0.1, 0.15) is 11.1 Å². The molecule has 0 radical (unpaired) electrons. The molecule has 0 aromatic heterocycles. The Hall–Kier alpha value is -1.97. The molecule has 0 bridgehead atoms. The summed E-state index contributed by atoms with van der Waals surface area (Å²) in [6.45, 7) is 1.90. The highest BCUT2D eigenvalue weighted by Crippen LogP contribution is 2.18. The van der Waals surface area contributed by atoms with Gasteiger partial charge >= 0.3 is 0 Å². The van der Waals surface area contributed by atoms with Gasteiger partial charge in [-0.3, -0.25) is 0 Å². The standard InChI is InChI=1S/C14H12F3N/c1-9-5-6-10(7-12(9)16)8-18-13-4-2-3-11(15)14(13)17/h2-7,18H,8H2,1H3. The zero-order valence-electron chi connectivity index (χ0n) is 9.81. The van der Waals surface area contributed by atoms with Crippen LogP contribution in [-0.4, -0.2) is 0 Å². The SMILES string of the molecule is Cc1ccc(CNc2cccc(F)c2F)cc1F. The first-order chi connectivity index (χ1) is 8.58. The summed E-state index contributed by atoms with van der Waals surface area (Å²) in [5.74, 6) is -2.14. The molecule has 4 heteroatoms. The summed E-state index contributed by atoms with van der Waals surface area (Å²) < 4.78 is 39.6. The number of nitrogens with one attached hydrogen (secondary N) is 1. The molecule has 0 aliphatic rings. The molecule has 18 heavy (non-hydrogen) atoms. The summed E-state index contributed by atoms with van der Waals surface area (Å²) in [6.07, 6.45) is 0. The molecular weight excluding hydrogens is 239 g/mol. The molecule has 2 rings (SSSR count). The predicted octanol–water partition coefficient (Wildman–Crippen LogP) is 4.02. The largest absolute Gasteiger partial charge is 0.379 e. The second-order valence-corrected chi connectivity index (χ2v) is 4.04. The van der Waals surface area contributed by atoms with Crippen molar-refractivity contribution >= 4 is 5.69 Å². The third-order valence-corrected chi connectivity index (χ3v) is 2.67. The quantitative estimate of drug-likeness (QED) is 0.868. The highest BCUT2D eigenvalue weighted by molar-refractivity contribution is 5.45. The maximum absolute atomic E-state index is 13.3. The van der Waals surface area contributed by atoms with E-state index < -0.39 is 11.6 Å². The summed E-state index contributed by atoms with van der Waals surface area (Å²) >= 11 is 0. The molecule has 0 atom stereocenters. The van der Waals surface area contributed by atoms with Crippen LogP contribution in [0.5, 0.6) is 0 Å². The predicted molar refractivity (Wildman–Crippen MR) is 64.8 cm³/mol. The zero-order valence-corrected chi connectivity index (χ0v) is 9.81. The van der Waals surface area contributed by atoms with Gasteiger partial charge < -0.3 is 5.32 Å². The first-order valence-corrected chi connectivity index (χ1v) is 5.51. The van der Waals surface area contributed by atoms with Crippen LogP contribution in [0.3, 0.4) is 0 Å². The van der Waals surface area contributed by atoms with E-state index in [4.69, 9.17) is 0 Å². The fraction of sp³-hybridized carbons (Fsp3) is 0.143. The van der Waals surface area contributed by atoms with Crippen LogP contribution in [0.4, 0.5) is 18.9 Å². The van der Waals surface area contributed by atoms with Crippen LogP contribution in [0, 0.1) is 24.4 Å². The molecule has 0 heterocycles. The Morgan fingerprint density at radius 1 is 1.00 bits per heavy atom. The molecule has 2 aromatic rings. The maximum Gasteiger partial charge on any atom is 0.181 e. The lowest BCUT2D eigenvalue weighted by atomic mass is 10.1. The minimum absolute atomic E-state index is 0.0657. The Labute approximate surface area is 103 Å². The van der Waals surface area contributed by atoms with E-state index in [-0.39, 0.29) is 18.0 Å². The van der Waals surface area contributed by atoms with Gasteiger partial charge in [-0.1, -0.05) is 18.2 Å². The van der Waals surface area contributed by atoms with Gasteiger partial charge in [-0.05, 0) is 36.2 Å². The van der Waals surface area contributed by atoms with E-state index in [1.165, 1.54) is 18.2 Å². The van der Waals surface area contributed by atoms with Gasteiger partial charge in [-0.25, -0.2) is 13.2 Å². The average Bonchev–Trinajstić information content (AvgIpc) is 2.35. The summed E-state index contributed by atoms with van der Waals surface area (Å²) in [5.41, 5.74) is 1.29. The van der Waals surface area contributed by atoms with E-state index in [0.717, 1.165) is 6.07 Å². The molecule has 1 nitrogen and oxygen atoms in total. The number of anilines is 1. The molecule has 0 amide bonds. The molecule has 94 valence electrons. The van der Waals surface area contributed by atoms with Crippen LogP contribution in [0.2, 0.25) is 0 Å². The molecule has 0 aliphatic heterocycles. The number of aryl methyl sites for hydroxylation is 1. The third-order valence-electron chi connectivity index (χ3n) is 2.67. The minimum Gasteiger partial charge on any atom is -0.379 e. The van der Waals surface area contributed by atoms with E-state index in [9.17, 15) is 13.2 Å². The fourth-order valence-electron chi connectivity index (χ4n) is 1.58. The highest BCUT2D eigenvalue weighted by Gasteiger charge is 2.07. The van der Waals surface area contributed by atoms with Crippen molar-refractivity contribution in [2.75, 3.05) is 5.32 Å². The van der Waals surface area contributed by atoms with Gasteiger partial charge in [-0.15, -0.1) is 0 Å². The average molecular weight is 251 g/mol. The van der Waals surface area contributed by atoms with E-state index in [2.05, 4.69) is 5.32 Å². The molecule has 0 aliphatic carbocycles. The van der Waals surface area contributed by atoms with Gasteiger partial charge in [0.2, 0.25) is 0 Å². The van der Waals surface area contributed by atoms with Crippen LogP contribution in [-0.2, 0) is 6.54 Å². The van der Waals surface area contributed by atoms with Crippen LogP contribution >= 0.6 is 0 Å². The molecule has 0 saturated carbocycles. The van der Waals surface area contributed by atoms with Gasteiger partial charge in [0.05, 0.1) is 5.69 Å². The first-order valence-electron chi connectivity index (χ1n) is 5.51. The van der Waals surface area contributed by atoms with Crippen LogP contribution in [0.25, 0.3) is 0 Å². The number of hydrogen-bond donors (Lipinski definition) is 1. The van der Waals surface area contributed by atoms with E-state index in [0.29, 0.717) is 11.1 Å². The third kappa shape index (κ3) is 2.64. The van der Waals surface area contributed by atoms with E-state index >= 15 is 0 Å². The van der Waals surface area contributed by atoms with Gasteiger partial charge in [0.25, 0.3) is 0 Å². The van der Waals surface area contributed by atoms with Gasteiger partial charge in [-0.2, -0.15) is 0 Å². The topological polar surface area (TPSA) is 12.0 Å². The van der Waals surface area contributed by atoms with Crippen molar-refractivity contribution in [3.05, 3.63) is 65.0 Å². The van der Waals surface area contributed by atoms with Crippen molar-refractivity contribution in [3.8, 4) is 0 Å². The van der Waals surface area contributed by atoms with Crippen molar-refractivity contribution in [1.29, 1.82) is 0 Å². The van der Waals surface area contributed by atoms with E-state index in [1.54, 1.807) is 19.1 Å². The Bertz CT molecular complexity index is 567. The molecular formula is C14H12F3N. The lowest BCUT2D eigenvalue weighted by molar-refractivity contribution is 0.511. The molecule has 1 N–H and O–H groups in total. The summed E-state index contributed by atoms with van der Waals surface area (Å²) in [7, 11) is 0. The molecule has 2 aromatic carbocycles. The minimum atomic E-state index is -0.926. The number of halogens is 3. The normalized spacial score (nSPS) is 10.4. The Morgan fingerprint density at radius 2 is 1.78 bits per heavy atom. The fourth-order valence-corrected chi connectivity index (χ4v) is 1.58. The van der Waals surface area contributed by atoms with Gasteiger partial charge in [0, 0.05) is 6.54 Å². The second-order valence-electron chi connectivity index (χ2n) is 4.04. The Morgan fingerprint density at radius 3 is 2.50 bits per heavy atom. The molecule has 0 fully saturated rings. The zero-order chi connectivity index (χ0) is 13.1. The van der Waals surface area contributed by atoms with Crippen molar-refractivity contribution in [2.24, 2.45) is 0 Å². The molecule has 0 spiro atoms. The summed E-state index contributed by atoms with van der Waals surface area (Å²) in [5, 5.41) is 2.74. The van der Waals surface area contributed by atoms with Crippen LogP contribution < -0.4 is 5.32 Å². The number of rotatable bonds is 3. The monoisotopic (exact) mass is 251 g/mol. The van der Waals surface area contributed by atoms with Crippen molar-refractivity contribution in [1.82, 2.24) is 0 Å². The summed E-state index contributed by atoms with van der Waals surface area (Å²) in [6, 6.07) is 8.65. The maximum atomic E-state index is 13.3. The number of hydrogen-bond acceptors (Lipinski definition) is 1. The van der Waals surface area contributed by atoms with Crippen molar-refractivity contribution < 1.29 is 13.2 Å². The highest BCUT2D eigenvalue weighted by atomic mass is 19.2. The lowest BCUT2D eigenvalue weighted by Gasteiger charge is -2.08. The van der Waals surface area contributed by atoms with Crippen molar-refractivity contribution in [2.45, 2.75) is 13.5 Å². The smallest absolute Gasteiger partial charge is 0.181 e. The lowest BCUT2D eigenvalue weighted by Crippen LogP contribution is -2.03. The van der Waals surface area contributed by atoms with Crippen molar-refractivity contribution in [3.63, 3.8) is 0 Å². The van der Waals surface area contributed by atoms with E-state index in [1.807, 2.05) is 0 Å². The Balaban J connectivity index is 2.11. The number of benzene rings is 2. The molecule has 0 saturated heterocycles. The summed E-state index contributed by atoms with van der Waals surface area (Å²) in [4.78, 5) is 0. The second kappa shape index (κ2) is 5.12.